The first kappa shape index (κ1) is 23.9. The van der Waals surface area contributed by atoms with Crippen molar-refractivity contribution in [3.8, 4) is 23.0 Å². The van der Waals surface area contributed by atoms with Gasteiger partial charge in [-0.05, 0) is 62.1 Å². The molecule has 2 atom stereocenters. The smallest absolute Gasteiger partial charge is 0.453 e. The average Bonchev–Trinajstić information content (AvgIpc) is 2.82. The third-order valence-electron chi connectivity index (χ3n) is 6.41. The van der Waals surface area contributed by atoms with Gasteiger partial charge in [0.25, 0.3) is 5.76 Å². The third-order valence-corrected chi connectivity index (χ3v) is 6.41. The van der Waals surface area contributed by atoms with Crippen LogP contribution in [0.2, 0.25) is 0 Å². The summed E-state index contributed by atoms with van der Waals surface area (Å²) in [5, 5.41) is 10.5. The normalized spacial score (nSPS) is 18.7. The van der Waals surface area contributed by atoms with Crippen molar-refractivity contribution < 1.29 is 37.1 Å². The van der Waals surface area contributed by atoms with Crippen LogP contribution in [0, 0.1) is 0 Å². The largest absolute Gasteiger partial charge is 0.507 e. The zero-order chi connectivity index (χ0) is 24.5. The molecular formula is C25H27F3NO5+. The van der Waals surface area contributed by atoms with Gasteiger partial charge < -0.3 is 23.9 Å². The molecule has 1 aliphatic rings. The number of benzene rings is 2. The predicted octanol–water partition coefficient (Wildman–Crippen LogP) is 4.67. The zero-order valence-corrected chi connectivity index (χ0v) is 19.0. The van der Waals surface area contributed by atoms with Crippen LogP contribution in [0.25, 0.3) is 11.0 Å². The Bertz CT molecular complexity index is 1220. The second-order valence-electron chi connectivity index (χ2n) is 8.49. The van der Waals surface area contributed by atoms with Crippen LogP contribution in [0.1, 0.15) is 43.9 Å². The summed E-state index contributed by atoms with van der Waals surface area (Å²) in [6.07, 6.45) is -0.965. The highest BCUT2D eigenvalue weighted by Crippen LogP contribution is 2.40. The van der Waals surface area contributed by atoms with Crippen LogP contribution in [0.5, 0.6) is 23.0 Å². The number of rotatable bonds is 6. The number of quaternary nitrogens is 1. The lowest BCUT2D eigenvalue weighted by molar-refractivity contribution is -0.944. The van der Waals surface area contributed by atoms with Crippen LogP contribution in [0.15, 0.2) is 45.6 Å². The monoisotopic (exact) mass is 478 g/mol. The molecule has 4 rings (SSSR count). The fourth-order valence-corrected chi connectivity index (χ4v) is 4.60. The quantitative estimate of drug-likeness (QED) is 0.539. The van der Waals surface area contributed by atoms with Gasteiger partial charge in [0.1, 0.15) is 23.8 Å². The summed E-state index contributed by atoms with van der Waals surface area (Å²) in [7, 11) is 1.46. The maximum atomic E-state index is 14.0. The van der Waals surface area contributed by atoms with Gasteiger partial charge in [-0.15, -0.1) is 0 Å². The number of piperidine rings is 1. The van der Waals surface area contributed by atoms with Crippen LogP contribution in [-0.4, -0.2) is 24.8 Å². The van der Waals surface area contributed by atoms with Crippen LogP contribution in [0.3, 0.4) is 0 Å². The Hall–Kier alpha value is -3.20. The molecule has 2 heterocycles. The first-order valence-corrected chi connectivity index (χ1v) is 11.3. The number of halogens is 3. The Labute approximate surface area is 194 Å². The first-order valence-electron chi connectivity index (χ1n) is 11.3. The standard InChI is InChI=1S/C25H26F3NO5/c1-3-15-6-4-5-13-29(15)14-19-20(30)12-11-18-21(31)23(24(25(26,27)28)34-22(18)19)33-17-9-7-16(32-2)8-10-17/h7-12,15,30H,3-6,13-14H2,1-2H3/p+1/t15-/m1/s1. The summed E-state index contributed by atoms with van der Waals surface area (Å²) in [6, 6.07) is 8.73. The summed E-state index contributed by atoms with van der Waals surface area (Å²) in [4.78, 5) is 14.4. The number of hydrogen-bond acceptors (Lipinski definition) is 5. The highest BCUT2D eigenvalue weighted by atomic mass is 19.4. The molecule has 3 aromatic rings. The Morgan fingerprint density at radius 2 is 1.82 bits per heavy atom. The number of hydrogen-bond donors (Lipinski definition) is 2. The molecule has 2 N–H and O–H groups in total. The molecule has 1 saturated heterocycles. The molecule has 0 spiro atoms. The van der Waals surface area contributed by atoms with Crippen molar-refractivity contribution in [2.45, 2.75) is 51.4 Å². The number of likely N-dealkylation sites (tertiary alicyclic amines) is 1. The molecule has 0 saturated carbocycles. The van der Waals surface area contributed by atoms with E-state index >= 15 is 0 Å². The van der Waals surface area contributed by atoms with Crippen LogP contribution >= 0.6 is 0 Å². The van der Waals surface area contributed by atoms with Gasteiger partial charge in [-0.2, -0.15) is 13.2 Å². The van der Waals surface area contributed by atoms with Gasteiger partial charge >= 0.3 is 6.18 Å². The molecule has 9 heteroatoms. The number of aromatic hydroxyl groups is 1. The van der Waals surface area contributed by atoms with Gasteiger partial charge in [-0.1, -0.05) is 6.92 Å². The summed E-state index contributed by atoms with van der Waals surface area (Å²) in [5.74, 6) is -2.16. The fourth-order valence-electron chi connectivity index (χ4n) is 4.60. The molecule has 0 aliphatic carbocycles. The number of alkyl halides is 3. The number of ether oxygens (including phenoxy) is 2. The molecule has 0 bridgehead atoms. The Morgan fingerprint density at radius 1 is 1.12 bits per heavy atom. The second kappa shape index (κ2) is 9.58. The van der Waals surface area contributed by atoms with Gasteiger partial charge in [-0.3, -0.25) is 4.79 Å². The topological polar surface area (TPSA) is 73.3 Å². The summed E-state index contributed by atoms with van der Waals surface area (Å²) >= 11 is 0. The van der Waals surface area contributed by atoms with E-state index in [1.807, 2.05) is 0 Å². The van der Waals surface area contributed by atoms with Crippen molar-refractivity contribution in [2.24, 2.45) is 0 Å². The number of phenolic OH excluding ortho intramolecular Hbond substituents is 1. The molecule has 1 unspecified atom stereocenters. The van der Waals surface area contributed by atoms with Crippen molar-refractivity contribution in [1.82, 2.24) is 0 Å². The Balaban J connectivity index is 1.84. The minimum Gasteiger partial charge on any atom is -0.507 e. The summed E-state index contributed by atoms with van der Waals surface area (Å²) < 4.78 is 57.7. The molecule has 2 aromatic carbocycles. The Kier molecular flexibility index (Phi) is 6.74. The van der Waals surface area contributed by atoms with Crippen molar-refractivity contribution in [1.29, 1.82) is 0 Å². The van der Waals surface area contributed by atoms with Crippen molar-refractivity contribution in [3.63, 3.8) is 0 Å². The van der Waals surface area contributed by atoms with Crippen molar-refractivity contribution in [3.05, 3.63) is 57.9 Å². The van der Waals surface area contributed by atoms with E-state index in [2.05, 4.69) is 6.92 Å². The number of fused-ring (bicyclic) bond motifs is 1. The first-order chi connectivity index (χ1) is 16.2. The highest BCUT2D eigenvalue weighted by molar-refractivity contribution is 5.83. The van der Waals surface area contributed by atoms with Crippen LogP contribution < -0.4 is 19.8 Å². The van der Waals surface area contributed by atoms with Crippen molar-refractivity contribution in [2.75, 3.05) is 13.7 Å². The average molecular weight is 478 g/mol. The summed E-state index contributed by atoms with van der Waals surface area (Å²) in [6.45, 7) is 3.17. The van der Waals surface area contributed by atoms with Crippen LogP contribution in [-0.2, 0) is 12.7 Å². The number of methoxy groups -OCH3 is 1. The maximum Gasteiger partial charge on any atom is 0.453 e. The van der Waals surface area contributed by atoms with Gasteiger partial charge in [-0.25, -0.2) is 0 Å². The second-order valence-corrected chi connectivity index (χ2v) is 8.49. The van der Waals surface area contributed by atoms with Gasteiger partial charge in [0, 0.05) is 0 Å². The van der Waals surface area contributed by atoms with Gasteiger partial charge in [0.15, 0.2) is 5.58 Å². The zero-order valence-electron chi connectivity index (χ0n) is 19.0. The predicted molar refractivity (Wildman–Crippen MR) is 120 cm³/mol. The molecule has 1 aromatic heterocycles. The molecule has 0 radical (unpaired) electrons. The number of phenols is 1. The lowest BCUT2D eigenvalue weighted by Gasteiger charge is -2.32. The molecule has 182 valence electrons. The van der Waals surface area contributed by atoms with E-state index in [0.717, 1.165) is 37.1 Å². The molecule has 1 aliphatic heterocycles. The molecule has 34 heavy (non-hydrogen) atoms. The number of nitrogens with one attached hydrogen (secondary N) is 1. The van der Waals surface area contributed by atoms with E-state index in [0.29, 0.717) is 11.8 Å². The van der Waals surface area contributed by atoms with E-state index in [1.54, 1.807) is 0 Å². The molecule has 6 nitrogen and oxygen atoms in total. The maximum absolute atomic E-state index is 14.0. The van der Waals surface area contributed by atoms with Gasteiger partial charge in [0.2, 0.25) is 11.2 Å². The molecule has 0 amide bonds. The van der Waals surface area contributed by atoms with E-state index in [9.17, 15) is 23.1 Å². The van der Waals surface area contributed by atoms with Crippen LogP contribution in [0.4, 0.5) is 13.2 Å². The minimum atomic E-state index is -4.98. The third kappa shape index (κ3) is 4.70. The van der Waals surface area contributed by atoms with E-state index in [1.165, 1.54) is 43.5 Å². The van der Waals surface area contributed by atoms with Crippen molar-refractivity contribution >= 4 is 11.0 Å². The fraction of sp³-hybridized carbons (Fsp3) is 0.400. The lowest BCUT2D eigenvalue weighted by Crippen LogP contribution is -3.15. The minimum absolute atomic E-state index is 0.0282. The van der Waals surface area contributed by atoms with Gasteiger partial charge in [0.05, 0.1) is 30.6 Å². The SMILES string of the molecule is CC[C@@H]1CCCC[NH+]1Cc1c(O)ccc2c(=O)c(Oc3ccc(OC)cc3)c(C(F)(F)F)oc12. The molecular weight excluding hydrogens is 451 g/mol. The Morgan fingerprint density at radius 3 is 2.47 bits per heavy atom. The highest BCUT2D eigenvalue weighted by Gasteiger charge is 2.41. The summed E-state index contributed by atoms with van der Waals surface area (Å²) in [5.41, 5.74) is -1.01. The van der Waals surface area contributed by atoms with E-state index in [4.69, 9.17) is 13.9 Å². The van der Waals surface area contributed by atoms with E-state index in [-0.39, 0.29) is 34.6 Å². The van der Waals surface area contributed by atoms with E-state index < -0.39 is 23.1 Å². The molecule has 1 fully saturated rings. The lowest BCUT2D eigenvalue weighted by atomic mass is 9.98.